The molecular weight excluding hydrogens is 212 g/mol. The van der Waals surface area contributed by atoms with Crippen LogP contribution in [0.5, 0.6) is 0 Å². The second-order valence-corrected chi connectivity index (χ2v) is 5.30. The van der Waals surface area contributed by atoms with E-state index in [1.807, 2.05) is 0 Å². The van der Waals surface area contributed by atoms with Crippen LogP contribution in [0.1, 0.15) is 39.5 Å². The maximum atomic E-state index is 9.90. The maximum absolute atomic E-state index is 9.90. The molecule has 3 N–H and O–H groups in total. The molecule has 0 amide bonds. The quantitative estimate of drug-likeness (QED) is 0.295. The lowest BCUT2D eigenvalue weighted by Crippen LogP contribution is -2.47. The van der Waals surface area contributed by atoms with Gasteiger partial charge in [-0.25, -0.2) is 5.43 Å². The van der Waals surface area contributed by atoms with Gasteiger partial charge in [0.25, 0.3) is 0 Å². The zero-order chi connectivity index (χ0) is 11.3. The van der Waals surface area contributed by atoms with E-state index in [0.717, 1.165) is 32.2 Å². The minimum Gasteiger partial charge on any atom is -0.377 e. The van der Waals surface area contributed by atoms with E-state index in [1.54, 1.807) is 0 Å². The molecular formula is C11H23ClN2O. The fourth-order valence-electron chi connectivity index (χ4n) is 2.25. The summed E-state index contributed by atoms with van der Waals surface area (Å²) >= 11 is 6.15. The topological polar surface area (TPSA) is 44.3 Å². The van der Waals surface area contributed by atoms with Gasteiger partial charge in [0, 0.05) is 17.8 Å². The van der Waals surface area contributed by atoms with E-state index in [1.165, 1.54) is 0 Å². The lowest BCUT2D eigenvalue weighted by atomic mass is 9.81. The summed E-state index contributed by atoms with van der Waals surface area (Å²) in [5.74, 6) is 0.898. The molecule has 90 valence electrons. The third-order valence-electron chi connectivity index (χ3n) is 2.99. The lowest BCUT2D eigenvalue weighted by Gasteiger charge is -2.33. The van der Waals surface area contributed by atoms with E-state index in [4.69, 9.17) is 11.6 Å². The summed E-state index contributed by atoms with van der Waals surface area (Å²) in [4.78, 5) is 0. The zero-order valence-corrected chi connectivity index (χ0v) is 10.4. The molecule has 0 bridgehead atoms. The number of hydrogen-bond donors (Lipinski definition) is 3. The van der Waals surface area contributed by atoms with Gasteiger partial charge in [-0.3, -0.25) is 5.43 Å². The number of alkyl halides is 1. The standard InChI is InChI=1S/C11H23ClN2O/c1-3-4-13-14-11(15)9-5-8(2)6-10(12)7-9/h8-11,13-15H,3-7H2,1-2H3. The third kappa shape index (κ3) is 4.68. The molecule has 4 unspecified atom stereocenters. The number of halogens is 1. The van der Waals surface area contributed by atoms with Gasteiger partial charge in [0.15, 0.2) is 0 Å². The van der Waals surface area contributed by atoms with Crippen LogP contribution in [0.3, 0.4) is 0 Å². The second kappa shape index (κ2) is 6.69. The molecule has 0 aromatic carbocycles. The van der Waals surface area contributed by atoms with Crippen LogP contribution in [0.25, 0.3) is 0 Å². The SMILES string of the molecule is CCCNNC(O)C1CC(C)CC(Cl)C1. The van der Waals surface area contributed by atoms with Gasteiger partial charge in [0.05, 0.1) is 0 Å². The Labute approximate surface area is 97.6 Å². The van der Waals surface area contributed by atoms with Crippen molar-refractivity contribution in [2.45, 2.75) is 51.1 Å². The number of hydrogen-bond acceptors (Lipinski definition) is 3. The average molecular weight is 235 g/mol. The highest BCUT2D eigenvalue weighted by molar-refractivity contribution is 6.20. The predicted molar refractivity (Wildman–Crippen MR) is 63.6 cm³/mol. The molecule has 0 radical (unpaired) electrons. The molecule has 4 atom stereocenters. The van der Waals surface area contributed by atoms with Gasteiger partial charge in [-0.15, -0.1) is 11.6 Å². The summed E-state index contributed by atoms with van der Waals surface area (Å²) in [6, 6.07) is 0. The van der Waals surface area contributed by atoms with Crippen LogP contribution in [0.15, 0.2) is 0 Å². The zero-order valence-electron chi connectivity index (χ0n) is 9.67. The van der Waals surface area contributed by atoms with E-state index in [2.05, 4.69) is 24.7 Å². The molecule has 0 aliphatic heterocycles. The summed E-state index contributed by atoms with van der Waals surface area (Å²) in [6.07, 6.45) is 3.63. The number of aliphatic hydroxyl groups excluding tert-OH is 1. The van der Waals surface area contributed by atoms with E-state index in [0.29, 0.717) is 5.92 Å². The molecule has 1 saturated carbocycles. The van der Waals surface area contributed by atoms with Gasteiger partial charge < -0.3 is 5.11 Å². The molecule has 0 aromatic heterocycles. The Bertz CT molecular complexity index is 170. The van der Waals surface area contributed by atoms with Crippen molar-refractivity contribution in [1.29, 1.82) is 0 Å². The van der Waals surface area contributed by atoms with Crippen molar-refractivity contribution in [1.82, 2.24) is 10.9 Å². The minimum atomic E-state index is -0.472. The van der Waals surface area contributed by atoms with Crippen LogP contribution >= 0.6 is 11.6 Å². The highest BCUT2D eigenvalue weighted by Gasteiger charge is 2.29. The molecule has 1 aliphatic carbocycles. The molecule has 0 spiro atoms. The number of rotatable bonds is 5. The summed E-state index contributed by atoms with van der Waals surface area (Å²) in [5.41, 5.74) is 5.96. The summed E-state index contributed by atoms with van der Waals surface area (Å²) in [6.45, 7) is 5.18. The van der Waals surface area contributed by atoms with Crippen molar-refractivity contribution in [3.63, 3.8) is 0 Å². The molecule has 0 saturated heterocycles. The van der Waals surface area contributed by atoms with Gasteiger partial charge in [-0.1, -0.05) is 13.8 Å². The maximum Gasteiger partial charge on any atom is 0.120 e. The van der Waals surface area contributed by atoms with Gasteiger partial charge in [-0.2, -0.15) is 0 Å². The Hall–Kier alpha value is 0.170. The third-order valence-corrected chi connectivity index (χ3v) is 3.35. The summed E-state index contributed by atoms with van der Waals surface area (Å²) in [5, 5.41) is 10.1. The number of aliphatic hydroxyl groups is 1. The Morgan fingerprint density at radius 1 is 1.40 bits per heavy atom. The predicted octanol–water partition coefficient (Wildman–Crippen LogP) is 1.85. The molecule has 1 aliphatic rings. The van der Waals surface area contributed by atoms with Crippen LogP contribution < -0.4 is 10.9 Å². The van der Waals surface area contributed by atoms with Crippen molar-refractivity contribution >= 4 is 11.6 Å². The van der Waals surface area contributed by atoms with Crippen molar-refractivity contribution in [3.05, 3.63) is 0 Å². The van der Waals surface area contributed by atoms with Crippen LogP contribution in [0, 0.1) is 11.8 Å². The van der Waals surface area contributed by atoms with Crippen LogP contribution in [-0.4, -0.2) is 23.3 Å². The molecule has 1 rings (SSSR count). The molecule has 0 aromatic rings. The Morgan fingerprint density at radius 2 is 2.13 bits per heavy atom. The molecule has 3 nitrogen and oxygen atoms in total. The molecule has 15 heavy (non-hydrogen) atoms. The highest BCUT2D eigenvalue weighted by atomic mass is 35.5. The average Bonchev–Trinajstić information content (AvgIpc) is 2.16. The monoisotopic (exact) mass is 234 g/mol. The van der Waals surface area contributed by atoms with Crippen LogP contribution in [-0.2, 0) is 0 Å². The first-order chi connectivity index (χ1) is 7.13. The fourth-order valence-corrected chi connectivity index (χ4v) is 2.78. The van der Waals surface area contributed by atoms with Gasteiger partial charge >= 0.3 is 0 Å². The van der Waals surface area contributed by atoms with Crippen molar-refractivity contribution in [2.24, 2.45) is 11.8 Å². The first-order valence-electron chi connectivity index (χ1n) is 5.94. The van der Waals surface area contributed by atoms with Gasteiger partial charge in [-0.05, 0) is 31.6 Å². The van der Waals surface area contributed by atoms with Crippen molar-refractivity contribution < 1.29 is 5.11 Å². The Balaban J connectivity index is 2.28. The minimum absolute atomic E-state index is 0.223. The van der Waals surface area contributed by atoms with E-state index >= 15 is 0 Å². The van der Waals surface area contributed by atoms with Gasteiger partial charge in [0.2, 0.25) is 0 Å². The number of nitrogens with one attached hydrogen (secondary N) is 2. The lowest BCUT2D eigenvalue weighted by molar-refractivity contribution is 0.0334. The first-order valence-corrected chi connectivity index (χ1v) is 6.37. The summed E-state index contributed by atoms with van der Waals surface area (Å²) < 4.78 is 0. The van der Waals surface area contributed by atoms with Gasteiger partial charge in [0.1, 0.15) is 6.23 Å². The second-order valence-electron chi connectivity index (χ2n) is 4.69. The van der Waals surface area contributed by atoms with E-state index < -0.39 is 6.23 Å². The van der Waals surface area contributed by atoms with Crippen LogP contribution in [0.4, 0.5) is 0 Å². The summed E-state index contributed by atoms with van der Waals surface area (Å²) in [7, 11) is 0. The smallest absolute Gasteiger partial charge is 0.120 e. The molecule has 0 heterocycles. The Kier molecular flexibility index (Phi) is 5.90. The van der Waals surface area contributed by atoms with Crippen molar-refractivity contribution in [2.75, 3.05) is 6.54 Å². The van der Waals surface area contributed by atoms with E-state index in [-0.39, 0.29) is 11.3 Å². The largest absolute Gasteiger partial charge is 0.377 e. The number of hydrazine groups is 1. The first kappa shape index (κ1) is 13.2. The van der Waals surface area contributed by atoms with Crippen LogP contribution in [0.2, 0.25) is 0 Å². The molecule has 4 heteroatoms. The van der Waals surface area contributed by atoms with E-state index in [9.17, 15) is 5.11 Å². The Morgan fingerprint density at radius 3 is 2.73 bits per heavy atom. The fraction of sp³-hybridized carbons (Fsp3) is 1.00. The molecule has 1 fully saturated rings. The van der Waals surface area contributed by atoms with Crippen molar-refractivity contribution in [3.8, 4) is 0 Å². The normalized spacial score (nSPS) is 34.0. The highest BCUT2D eigenvalue weighted by Crippen LogP contribution is 2.33.